The number of nitrogens with one attached hydrogen (secondary N) is 2. The highest BCUT2D eigenvalue weighted by molar-refractivity contribution is 5.93. The van der Waals surface area contributed by atoms with Gasteiger partial charge in [-0.25, -0.2) is 0 Å². The van der Waals surface area contributed by atoms with Gasteiger partial charge in [-0.1, -0.05) is 47.7 Å². The molecule has 0 spiro atoms. The van der Waals surface area contributed by atoms with Crippen LogP contribution in [0.25, 0.3) is 21.8 Å². The Morgan fingerprint density at radius 3 is 2.70 bits per heavy atom. The molecule has 0 saturated carbocycles. The lowest BCUT2D eigenvalue weighted by Gasteiger charge is -2.11. The van der Waals surface area contributed by atoms with E-state index in [4.69, 9.17) is 5.73 Å². The first-order chi connectivity index (χ1) is 16.1. The third kappa shape index (κ3) is 3.87. The van der Waals surface area contributed by atoms with Gasteiger partial charge in [0.25, 0.3) is 0 Å². The minimum absolute atomic E-state index is 0.236. The van der Waals surface area contributed by atoms with E-state index >= 15 is 0 Å². The van der Waals surface area contributed by atoms with E-state index in [0.29, 0.717) is 40.2 Å². The van der Waals surface area contributed by atoms with Crippen LogP contribution in [-0.2, 0) is 6.54 Å². The molecule has 0 saturated heterocycles. The van der Waals surface area contributed by atoms with E-state index in [-0.39, 0.29) is 5.69 Å². The molecule has 1 heterocycles. The molecule has 0 radical (unpaired) electrons. The van der Waals surface area contributed by atoms with Gasteiger partial charge in [-0.15, -0.1) is 20.2 Å². The molecule has 0 aliphatic heterocycles. The van der Waals surface area contributed by atoms with Crippen LogP contribution in [0.5, 0.6) is 0 Å². The van der Waals surface area contributed by atoms with Crippen LogP contribution in [0.2, 0.25) is 0 Å². The summed E-state index contributed by atoms with van der Waals surface area (Å²) < 4.78 is 0. The fourth-order valence-corrected chi connectivity index (χ4v) is 3.79. The lowest BCUT2D eigenvalue weighted by Crippen LogP contribution is -2.00. The molecule has 0 unspecified atom stereocenters. The summed E-state index contributed by atoms with van der Waals surface area (Å²) in [6.45, 7) is 2.34. The van der Waals surface area contributed by atoms with Gasteiger partial charge in [0.15, 0.2) is 0 Å². The molecule has 5 rings (SSSR count). The van der Waals surface area contributed by atoms with Crippen molar-refractivity contribution in [1.82, 2.24) is 15.4 Å². The van der Waals surface area contributed by atoms with E-state index in [0.717, 1.165) is 11.3 Å². The van der Waals surface area contributed by atoms with Crippen LogP contribution in [0, 0.1) is 11.8 Å². The van der Waals surface area contributed by atoms with Gasteiger partial charge < -0.3 is 11.1 Å². The molecular formula is C24H20N8O. The summed E-state index contributed by atoms with van der Waals surface area (Å²) in [7, 11) is 0. The second-order valence-corrected chi connectivity index (χ2v) is 7.63. The van der Waals surface area contributed by atoms with Gasteiger partial charge in [-0.05, 0) is 52.7 Å². The fourth-order valence-electron chi connectivity index (χ4n) is 3.79. The first kappa shape index (κ1) is 20.3. The van der Waals surface area contributed by atoms with Crippen LogP contribution in [0.1, 0.15) is 11.1 Å². The fraction of sp³-hybridized carbons (Fsp3) is 0.0833. The second kappa shape index (κ2) is 8.46. The molecule has 5 aromatic rings. The van der Waals surface area contributed by atoms with Crippen LogP contribution in [0.15, 0.2) is 82.1 Å². The van der Waals surface area contributed by atoms with E-state index in [1.807, 2.05) is 30.3 Å². The molecule has 9 heteroatoms. The van der Waals surface area contributed by atoms with Gasteiger partial charge in [0.1, 0.15) is 22.4 Å². The van der Waals surface area contributed by atoms with E-state index in [1.54, 1.807) is 13.0 Å². The number of anilines is 2. The first-order valence-electron chi connectivity index (χ1n) is 10.3. The number of nitroso groups, excluding NO2 is 1. The average molecular weight is 436 g/mol. The van der Waals surface area contributed by atoms with Crippen LogP contribution in [0.4, 0.5) is 28.4 Å². The Labute approximate surface area is 188 Å². The molecule has 0 aliphatic carbocycles. The van der Waals surface area contributed by atoms with Crippen molar-refractivity contribution < 1.29 is 0 Å². The van der Waals surface area contributed by atoms with Crippen LogP contribution in [-0.4, -0.2) is 15.4 Å². The predicted octanol–water partition coefficient (Wildman–Crippen LogP) is 6.43. The lowest BCUT2D eigenvalue weighted by atomic mass is 10.0. The lowest BCUT2D eigenvalue weighted by molar-refractivity contribution is 0.959. The Morgan fingerprint density at radius 2 is 1.82 bits per heavy atom. The molecule has 4 N–H and O–H groups in total. The van der Waals surface area contributed by atoms with E-state index in [1.165, 1.54) is 16.8 Å². The zero-order valence-electron chi connectivity index (χ0n) is 17.8. The summed E-state index contributed by atoms with van der Waals surface area (Å²) in [5.41, 5.74) is 11.4. The number of benzene rings is 4. The molecule has 0 amide bonds. The van der Waals surface area contributed by atoms with Gasteiger partial charge in [0.2, 0.25) is 0 Å². The van der Waals surface area contributed by atoms with Gasteiger partial charge in [0, 0.05) is 17.8 Å². The number of aromatic amines is 1. The average Bonchev–Trinajstić information content (AvgIpc) is 3.32. The van der Waals surface area contributed by atoms with Crippen molar-refractivity contribution in [3.8, 4) is 0 Å². The van der Waals surface area contributed by atoms with Crippen molar-refractivity contribution in [3.05, 3.63) is 82.8 Å². The largest absolute Gasteiger partial charge is 0.399 e. The highest BCUT2D eigenvalue weighted by atomic mass is 16.3. The topological polar surface area (TPSA) is 134 Å². The highest BCUT2D eigenvalue weighted by Crippen LogP contribution is 2.36. The molecule has 1 aromatic heterocycles. The summed E-state index contributed by atoms with van der Waals surface area (Å²) >= 11 is 0. The van der Waals surface area contributed by atoms with Gasteiger partial charge in [-0.2, -0.15) is 0 Å². The molecule has 4 aromatic carbocycles. The summed E-state index contributed by atoms with van der Waals surface area (Å²) in [6, 6.07) is 21.4. The Balaban J connectivity index is 1.53. The normalized spacial score (nSPS) is 11.4. The third-order valence-electron chi connectivity index (χ3n) is 5.56. The van der Waals surface area contributed by atoms with Crippen molar-refractivity contribution in [2.24, 2.45) is 15.4 Å². The van der Waals surface area contributed by atoms with Crippen molar-refractivity contribution in [2.45, 2.75) is 13.5 Å². The number of rotatable bonds is 6. The Bertz CT molecular complexity index is 1520. The van der Waals surface area contributed by atoms with Crippen LogP contribution >= 0.6 is 0 Å². The van der Waals surface area contributed by atoms with Crippen molar-refractivity contribution >= 4 is 50.2 Å². The van der Waals surface area contributed by atoms with Crippen LogP contribution < -0.4 is 11.1 Å². The molecule has 9 nitrogen and oxygen atoms in total. The monoisotopic (exact) mass is 436 g/mol. The number of azo groups is 1. The minimum Gasteiger partial charge on any atom is -0.399 e. The Kier molecular flexibility index (Phi) is 5.19. The minimum atomic E-state index is 0.236. The Hall–Kier alpha value is -4.66. The summed E-state index contributed by atoms with van der Waals surface area (Å²) in [4.78, 5) is 11.1. The van der Waals surface area contributed by atoms with Crippen molar-refractivity contribution in [2.75, 3.05) is 11.1 Å². The molecule has 0 bridgehead atoms. The molecular weight excluding hydrogens is 416 g/mol. The van der Waals surface area contributed by atoms with Gasteiger partial charge in [0.05, 0.1) is 11.4 Å². The maximum absolute atomic E-state index is 11.1. The number of fused-ring (bicyclic) bond motifs is 2. The van der Waals surface area contributed by atoms with Crippen molar-refractivity contribution in [3.63, 3.8) is 0 Å². The molecule has 0 atom stereocenters. The number of nitrogens with zero attached hydrogens (tertiary/aromatic N) is 5. The van der Waals surface area contributed by atoms with E-state index in [2.05, 4.69) is 60.4 Å². The highest BCUT2D eigenvalue weighted by Gasteiger charge is 2.12. The summed E-state index contributed by atoms with van der Waals surface area (Å²) in [5.74, 6) is 0. The maximum atomic E-state index is 11.1. The quantitative estimate of drug-likeness (QED) is 0.160. The second-order valence-electron chi connectivity index (χ2n) is 7.63. The zero-order chi connectivity index (χ0) is 22.8. The zero-order valence-corrected chi connectivity index (χ0v) is 17.8. The molecule has 0 aliphatic rings. The van der Waals surface area contributed by atoms with E-state index < -0.39 is 0 Å². The number of hydrogen-bond acceptors (Lipinski definition) is 8. The SMILES string of the molecule is Cc1c(N=O)cc(N)cc1/N=N/c1c(NCc2cccc3ccccc23)ccc2nn[nH]c12. The molecule has 162 valence electrons. The predicted molar refractivity (Wildman–Crippen MR) is 130 cm³/mol. The molecule has 0 fully saturated rings. The summed E-state index contributed by atoms with van der Waals surface area (Å²) in [6.07, 6.45) is 0. The summed E-state index contributed by atoms with van der Waals surface area (Å²) in [5, 5.41) is 28.6. The van der Waals surface area contributed by atoms with E-state index in [9.17, 15) is 4.91 Å². The number of aromatic nitrogens is 3. The van der Waals surface area contributed by atoms with Gasteiger partial charge >= 0.3 is 0 Å². The van der Waals surface area contributed by atoms with Crippen molar-refractivity contribution in [1.29, 1.82) is 0 Å². The number of H-pyrrole nitrogens is 1. The smallest absolute Gasteiger partial charge is 0.136 e. The number of nitrogens with two attached hydrogens (primary N) is 1. The maximum Gasteiger partial charge on any atom is 0.136 e. The number of hydrogen-bond donors (Lipinski definition) is 3. The number of nitrogen functional groups attached to an aromatic ring is 1. The standard InChI is InChI=1S/C24H20N8O/c1-14-21(11-17(25)12-22(14)31-33)27-29-23-19(9-10-20-24(23)30-32-28-20)26-13-16-7-4-6-15-5-2-3-8-18(15)16/h2-12,26H,13,25H2,1H3,(H,28,30,32)/b29-27+. The third-order valence-corrected chi connectivity index (χ3v) is 5.56. The Morgan fingerprint density at radius 1 is 1.00 bits per heavy atom. The molecule has 33 heavy (non-hydrogen) atoms. The van der Waals surface area contributed by atoms with Gasteiger partial charge in [-0.3, -0.25) is 5.10 Å². The first-order valence-corrected chi connectivity index (χ1v) is 10.3. The van der Waals surface area contributed by atoms with Crippen LogP contribution in [0.3, 0.4) is 0 Å².